The third-order valence-corrected chi connectivity index (χ3v) is 4.28. The van der Waals surface area contributed by atoms with E-state index in [9.17, 15) is 15.0 Å². The first-order valence-corrected chi connectivity index (χ1v) is 9.02. The smallest absolute Gasteiger partial charge is 0.336 e. The summed E-state index contributed by atoms with van der Waals surface area (Å²) in [5.41, 5.74) is 2.47. The van der Waals surface area contributed by atoms with Crippen molar-refractivity contribution in [3.63, 3.8) is 0 Å². The fourth-order valence-electron chi connectivity index (χ4n) is 2.90. The maximum atomic E-state index is 11.6. The van der Waals surface area contributed by atoms with E-state index in [0.717, 1.165) is 11.1 Å². The Morgan fingerprint density at radius 2 is 1.36 bits per heavy atom. The Morgan fingerprint density at radius 1 is 0.786 bits per heavy atom. The number of rotatable bonds is 9. The van der Waals surface area contributed by atoms with Gasteiger partial charge in [0, 0.05) is 18.6 Å². The number of carboxylic acid groups (broad SMARTS) is 1. The summed E-state index contributed by atoms with van der Waals surface area (Å²) in [5.74, 6) is -0.260. The number of aromatic carboxylic acids is 1. The monoisotopic (exact) mass is 378 g/mol. The summed E-state index contributed by atoms with van der Waals surface area (Å²) in [6, 6.07) is 22.4. The number of aliphatic hydroxyl groups excluding tert-OH is 1. The van der Waals surface area contributed by atoms with Crippen LogP contribution in [0.5, 0.6) is 11.5 Å². The van der Waals surface area contributed by atoms with Crippen molar-refractivity contribution in [2.24, 2.45) is 0 Å². The molecule has 0 radical (unpaired) electrons. The molecule has 3 aromatic rings. The number of aliphatic hydroxyl groups is 1. The van der Waals surface area contributed by atoms with Crippen LogP contribution in [-0.2, 0) is 19.6 Å². The van der Waals surface area contributed by atoms with Crippen molar-refractivity contribution >= 4 is 5.97 Å². The van der Waals surface area contributed by atoms with Crippen LogP contribution in [0.2, 0.25) is 0 Å². The third kappa shape index (κ3) is 4.90. The van der Waals surface area contributed by atoms with E-state index < -0.39 is 5.97 Å². The van der Waals surface area contributed by atoms with Crippen molar-refractivity contribution in [2.45, 2.75) is 19.6 Å². The molecule has 3 rings (SSSR count). The first kappa shape index (κ1) is 19.5. The van der Waals surface area contributed by atoms with Crippen molar-refractivity contribution < 1.29 is 24.5 Å². The fraction of sp³-hybridized carbons (Fsp3) is 0.174. The normalized spacial score (nSPS) is 10.5. The molecule has 2 N–H and O–H groups in total. The second-order valence-electron chi connectivity index (χ2n) is 6.25. The van der Waals surface area contributed by atoms with Crippen molar-refractivity contribution in [3.8, 4) is 11.5 Å². The molecule has 0 bridgehead atoms. The fourth-order valence-corrected chi connectivity index (χ4v) is 2.90. The number of benzene rings is 3. The Kier molecular flexibility index (Phi) is 6.65. The van der Waals surface area contributed by atoms with E-state index in [4.69, 9.17) is 9.47 Å². The molecule has 0 amide bonds. The van der Waals surface area contributed by atoms with Gasteiger partial charge in [-0.05, 0) is 23.3 Å². The predicted octanol–water partition coefficient (Wildman–Crippen LogP) is 4.08. The summed E-state index contributed by atoms with van der Waals surface area (Å²) in [6.45, 7) is 0.404. The molecule has 0 aliphatic heterocycles. The Labute approximate surface area is 163 Å². The van der Waals surface area contributed by atoms with Crippen LogP contribution < -0.4 is 9.47 Å². The van der Waals surface area contributed by atoms with Crippen LogP contribution in [0.3, 0.4) is 0 Å². The van der Waals surface area contributed by atoms with Gasteiger partial charge >= 0.3 is 5.97 Å². The van der Waals surface area contributed by atoms with Crippen LogP contribution in [0.15, 0.2) is 72.8 Å². The summed E-state index contributed by atoms with van der Waals surface area (Å²) in [5, 5.41) is 19.0. The molecule has 0 saturated heterocycles. The van der Waals surface area contributed by atoms with Gasteiger partial charge in [-0.2, -0.15) is 0 Å². The Morgan fingerprint density at radius 3 is 1.89 bits per heavy atom. The molecule has 28 heavy (non-hydrogen) atoms. The molecule has 0 saturated carbocycles. The molecule has 0 fully saturated rings. The first-order chi connectivity index (χ1) is 13.7. The van der Waals surface area contributed by atoms with E-state index in [1.807, 2.05) is 60.7 Å². The minimum Gasteiger partial charge on any atom is -0.485 e. The lowest BCUT2D eigenvalue weighted by Crippen LogP contribution is -2.10. The van der Waals surface area contributed by atoms with E-state index in [-0.39, 0.29) is 25.2 Å². The Hall–Kier alpha value is -3.31. The standard InChI is InChI=1S/C23H22O5/c24-14-13-19-20(23(25)26)11-12-21(27-15-17-7-3-1-4-8-17)22(19)28-16-18-9-5-2-6-10-18/h1-12,24H,13-16H2,(H,25,26). The molecule has 144 valence electrons. The van der Waals surface area contributed by atoms with Gasteiger partial charge in [0.15, 0.2) is 11.5 Å². The largest absolute Gasteiger partial charge is 0.485 e. The molecule has 0 unspecified atom stereocenters. The SMILES string of the molecule is O=C(O)c1ccc(OCc2ccccc2)c(OCc2ccccc2)c1CCO. The van der Waals surface area contributed by atoms with Gasteiger partial charge in [0.05, 0.1) is 5.56 Å². The zero-order chi connectivity index (χ0) is 19.8. The molecule has 5 nitrogen and oxygen atoms in total. The number of carbonyl (C=O) groups is 1. The van der Waals surface area contributed by atoms with Crippen molar-refractivity contribution in [2.75, 3.05) is 6.61 Å². The summed E-state index contributed by atoms with van der Waals surface area (Å²) in [6.07, 6.45) is 0.161. The van der Waals surface area contributed by atoms with Crippen LogP contribution in [0, 0.1) is 0 Å². The molecule has 0 aromatic heterocycles. The van der Waals surface area contributed by atoms with Gasteiger partial charge in [0.2, 0.25) is 0 Å². The quantitative estimate of drug-likeness (QED) is 0.587. The summed E-state index contributed by atoms with van der Waals surface area (Å²) < 4.78 is 11.9. The highest BCUT2D eigenvalue weighted by Gasteiger charge is 2.20. The molecular weight excluding hydrogens is 356 g/mol. The Balaban J connectivity index is 1.92. The average Bonchev–Trinajstić information content (AvgIpc) is 2.73. The number of ether oxygens (including phenoxy) is 2. The van der Waals surface area contributed by atoms with Crippen molar-refractivity contribution in [1.82, 2.24) is 0 Å². The van der Waals surface area contributed by atoms with Gasteiger partial charge in [-0.1, -0.05) is 60.7 Å². The maximum Gasteiger partial charge on any atom is 0.336 e. The zero-order valence-corrected chi connectivity index (χ0v) is 15.4. The van der Waals surface area contributed by atoms with Gasteiger partial charge in [0.25, 0.3) is 0 Å². The van der Waals surface area contributed by atoms with E-state index in [2.05, 4.69) is 0 Å². The van der Waals surface area contributed by atoms with E-state index in [0.29, 0.717) is 23.7 Å². The molecule has 0 spiro atoms. The van der Waals surface area contributed by atoms with Gasteiger partial charge in [0.1, 0.15) is 13.2 Å². The molecule has 5 heteroatoms. The van der Waals surface area contributed by atoms with Gasteiger partial charge in [-0.25, -0.2) is 4.79 Å². The Bertz CT molecular complexity index is 907. The maximum absolute atomic E-state index is 11.6. The van der Waals surface area contributed by atoms with Crippen LogP contribution in [0.4, 0.5) is 0 Å². The van der Waals surface area contributed by atoms with Crippen molar-refractivity contribution in [1.29, 1.82) is 0 Å². The number of hydrogen-bond acceptors (Lipinski definition) is 4. The lowest BCUT2D eigenvalue weighted by molar-refractivity contribution is 0.0694. The van der Waals surface area contributed by atoms with E-state index in [1.54, 1.807) is 6.07 Å². The lowest BCUT2D eigenvalue weighted by Gasteiger charge is -2.18. The molecule has 0 heterocycles. The van der Waals surface area contributed by atoms with Gasteiger partial charge < -0.3 is 19.7 Å². The highest BCUT2D eigenvalue weighted by atomic mass is 16.5. The average molecular weight is 378 g/mol. The lowest BCUT2D eigenvalue weighted by atomic mass is 10.0. The van der Waals surface area contributed by atoms with Gasteiger partial charge in [-0.3, -0.25) is 0 Å². The summed E-state index contributed by atoms with van der Waals surface area (Å²) >= 11 is 0. The van der Waals surface area contributed by atoms with E-state index >= 15 is 0 Å². The topological polar surface area (TPSA) is 76.0 Å². The number of hydrogen-bond donors (Lipinski definition) is 2. The van der Waals surface area contributed by atoms with Crippen LogP contribution >= 0.6 is 0 Å². The predicted molar refractivity (Wildman–Crippen MR) is 106 cm³/mol. The molecular formula is C23H22O5. The third-order valence-electron chi connectivity index (χ3n) is 4.28. The van der Waals surface area contributed by atoms with E-state index in [1.165, 1.54) is 6.07 Å². The molecule has 0 aliphatic rings. The van der Waals surface area contributed by atoms with Crippen LogP contribution in [0.1, 0.15) is 27.0 Å². The second kappa shape index (κ2) is 9.58. The summed E-state index contributed by atoms with van der Waals surface area (Å²) in [7, 11) is 0. The van der Waals surface area contributed by atoms with Gasteiger partial charge in [-0.15, -0.1) is 0 Å². The highest BCUT2D eigenvalue weighted by Crippen LogP contribution is 2.35. The highest BCUT2D eigenvalue weighted by molar-refractivity contribution is 5.90. The first-order valence-electron chi connectivity index (χ1n) is 9.02. The molecule has 3 aromatic carbocycles. The molecule has 0 aliphatic carbocycles. The van der Waals surface area contributed by atoms with Crippen molar-refractivity contribution in [3.05, 3.63) is 95.1 Å². The van der Waals surface area contributed by atoms with Crippen LogP contribution in [0.25, 0.3) is 0 Å². The summed E-state index contributed by atoms with van der Waals surface area (Å²) in [4.78, 5) is 11.6. The van der Waals surface area contributed by atoms with Crippen LogP contribution in [-0.4, -0.2) is 22.8 Å². The molecule has 0 atom stereocenters. The number of carboxylic acids is 1. The zero-order valence-electron chi connectivity index (χ0n) is 15.4. The second-order valence-corrected chi connectivity index (χ2v) is 6.25. The minimum absolute atomic E-state index is 0.101. The minimum atomic E-state index is -1.07.